The Kier molecular flexibility index (Phi) is 23.5. The molecule has 0 spiro atoms. The van der Waals surface area contributed by atoms with E-state index < -0.39 is 16.8 Å². The minimum atomic E-state index is -0.643. The summed E-state index contributed by atoms with van der Waals surface area (Å²) < 4.78 is 33.1. The Balaban J connectivity index is 2.92. The lowest BCUT2D eigenvalue weighted by Crippen LogP contribution is -2.50. The molecule has 0 unspecified atom stereocenters. The first-order valence-corrected chi connectivity index (χ1v) is 18.8. The van der Waals surface area contributed by atoms with Crippen molar-refractivity contribution in [2.24, 2.45) is 5.11 Å². The third kappa shape index (κ3) is 28.4. The van der Waals surface area contributed by atoms with Gasteiger partial charge < -0.3 is 33.7 Å². The number of nitrogens with zero attached hydrogens (tertiary/aromatic N) is 7. The Bertz CT molecular complexity index is 1120. The van der Waals surface area contributed by atoms with Gasteiger partial charge in [0, 0.05) is 70.4 Å². The Morgan fingerprint density at radius 2 is 0.852 bits per heavy atom. The van der Waals surface area contributed by atoms with Gasteiger partial charge in [0.1, 0.15) is 16.8 Å². The summed E-state index contributed by atoms with van der Waals surface area (Å²) in [4.78, 5) is 62.4. The van der Waals surface area contributed by atoms with Crippen molar-refractivity contribution in [3.8, 4) is 0 Å². The SMILES string of the molecule is CC(C)(C)OC(=O)CN1CCN(CC(=O)NCCOCCOCCOCCN=[N+]=[N-])CCN(CC(=O)OC(C)(C)C)CCN(CC(=O)OC(C)(C)C)CC1. The van der Waals surface area contributed by atoms with E-state index in [9.17, 15) is 19.2 Å². The van der Waals surface area contributed by atoms with Gasteiger partial charge in [0.05, 0.1) is 65.8 Å². The van der Waals surface area contributed by atoms with Crippen LogP contribution in [0.2, 0.25) is 0 Å². The number of hydrogen-bond donors (Lipinski definition) is 1. The number of esters is 3. The standard InChI is InChI=1S/C36H68N8O10/c1-34(2,3)52-31(46)27-42-14-12-41(26-30(45)38-10-20-49-22-24-51-25-23-50-21-11-39-40-37)13-15-43(28-32(47)53-35(4,5)6)17-19-44(18-16-42)29-33(48)54-36(7,8)9/h10-29H2,1-9H3,(H,38,45). The molecule has 1 fully saturated rings. The lowest BCUT2D eigenvalue weighted by molar-refractivity contribution is -0.158. The van der Waals surface area contributed by atoms with Crippen LogP contribution in [0.4, 0.5) is 0 Å². The molecule has 0 aromatic carbocycles. The summed E-state index contributed by atoms with van der Waals surface area (Å²) in [5, 5.41) is 6.29. The van der Waals surface area contributed by atoms with E-state index in [0.717, 1.165) is 0 Å². The minimum Gasteiger partial charge on any atom is -0.459 e. The number of carbonyl (C=O) groups excluding carboxylic acids is 4. The molecule has 1 rings (SSSR count). The maximum Gasteiger partial charge on any atom is 0.320 e. The van der Waals surface area contributed by atoms with Crippen LogP contribution in [0.15, 0.2) is 5.11 Å². The number of hydrogen-bond acceptors (Lipinski definition) is 15. The van der Waals surface area contributed by atoms with Gasteiger partial charge in [0.2, 0.25) is 5.91 Å². The van der Waals surface area contributed by atoms with Gasteiger partial charge in [-0.3, -0.25) is 38.8 Å². The highest BCUT2D eigenvalue weighted by molar-refractivity contribution is 5.78. The van der Waals surface area contributed by atoms with Crippen LogP contribution in [0.5, 0.6) is 0 Å². The van der Waals surface area contributed by atoms with Crippen molar-refractivity contribution >= 4 is 23.8 Å². The van der Waals surface area contributed by atoms with Crippen molar-refractivity contribution < 1.29 is 47.6 Å². The van der Waals surface area contributed by atoms with E-state index in [1.54, 1.807) is 0 Å². The average Bonchev–Trinajstić information content (AvgIpc) is 3.01. The predicted molar refractivity (Wildman–Crippen MR) is 203 cm³/mol. The first kappa shape index (κ1) is 48.9. The van der Waals surface area contributed by atoms with E-state index in [-0.39, 0.29) is 56.5 Å². The Morgan fingerprint density at radius 3 is 1.19 bits per heavy atom. The first-order chi connectivity index (χ1) is 25.2. The molecule has 1 saturated heterocycles. The fourth-order valence-electron chi connectivity index (χ4n) is 5.09. The molecule has 0 radical (unpaired) electrons. The molecule has 1 aliphatic heterocycles. The van der Waals surface area contributed by atoms with Gasteiger partial charge in [-0.1, -0.05) is 5.11 Å². The number of carbonyl (C=O) groups is 4. The average molecular weight is 773 g/mol. The van der Waals surface area contributed by atoms with Gasteiger partial charge >= 0.3 is 17.9 Å². The Morgan fingerprint density at radius 1 is 0.537 bits per heavy atom. The molecule has 1 heterocycles. The van der Waals surface area contributed by atoms with Crippen LogP contribution in [0.1, 0.15) is 62.3 Å². The van der Waals surface area contributed by atoms with Crippen LogP contribution >= 0.6 is 0 Å². The summed E-state index contributed by atoms with van der Waals surface area (Å²) in [6.07, 6.45) is 0. The molecule has 0 bridgehead atoms. The molecule has 1 amide bonds. The summed E-state index contributed by atoms with van der Waals surface area (Å²) >= 11 is 0. The summed E-state index contributed by atoms with van der Waals surface area (Å²) in [5.74, 6) is -1.26. The number of nitrogens with one attached hydrogen (secondary N) is 1. The zero-order valence-corrected chi connectivity index (χ0v) is 34.4. The van der Waals surface area contributed by atoms with Crippen LogP contribution < -0.4 is 5.32 Å². The summed E-state index contributed by atoms with van der Waals surface area (Å²) in [6.45, 7) is 23.1. The normalized spacial score (nSPS) is 16.4. The Hall–Kier alpha value is -3.09. The van der Waals surface area contributed by atoms with Gasteiger partial charge in [-0.05, 0) is 67.8 Å². The fraction of sp³-hybridized carbons (Fsp3) is 0.889. The molecule has 0 aromatic heterocycles. The molecule has 1 aliphatic rings. The van der Waals surface area contributed by atoms with Crippen LogP contribution in [-0.2, 0) is 47.6 Å². The van der Waals surface area contributed by atoms with Crippen molar-refractivity contribution in [1.82, 2.24) is 24.9 Å². The van der Waals surface area contributed by atoms with Gasteiger partial charge in [-0.25, -0.2) is 0 Å². The quantitative estimate of drug-likeness (QED) is 0.0469. The molecule has 0 aliphatic carbocycles. The van der Waals surface area contributed by atoms with Gasteiger partial charge in [0.15, 0.2) is 0 Å². The number of ether oxygens (including phenoxy) is 6. The number of rotatable bonds is 20. The van der Waals surface area contributed by atoms with E-state index in [4.69, 9.17) is 34.0 Å². The van der Waals surface area contributed by atoms with E-state index in [1.807, 2.05) is 81.9 Å². The van der Waals surface area contributed by atoms with Crippen molar-refractivity contribution in [3.05, 3.63) is 10.4 Å². The highest BCUT2D eigenvalue weighted by Gasteiger charge is 2.26. The monoisotopic (exact) mass is 773 g/mol. The van der Waals surface area contributed by atoms with E-state index in [2.05, 4.69) is 15.3 Å². The zero-order valence-electron chi connectivity index (χ0n) is 34.4. The van der Waals surface area contributed by atoms with Crippen LogP contribution in [0.3, 0.4) is 0 Å². The second-order valence-electron chi connectivity index (χ2n) is 16.0. The molecule has 312 valence electrons. The summed E-state index contributed by atoms with van der Waals surface area (Å²) in [7, 11) is 0. The zero-order chi connectivity index (χ0) is 40.6. The molecular weight excluding hydrogens is 704 g/mol. The Labute approximate surface area is 322 Å². The molecule has 0 atom stereocenters. The second kappa shape index (κ2) is 25.9. The van der Waals surface area contributed by atoms with E-state index in [0.29, 0.717) is 98.5 Å². The van der Waals surface area contributed by atoms with Crippen molar-refractivity contribution in [3.63, 3.8) is 0 Å². The van der Waals surface area contributed by atoms with Crippen molar-refractivity contribution in [1.29, 1.82) is 0 Å². The van der Waals surface area contributed by atoms with Gasteiger partial charge in [-0.15, -0.1) is 0 Å². The highest BCUT2D eigenvalue weighted by Crippen LogP contribution is 2.11. The molecule has 0 aromatic rings. The minimum absolute atomic E-state index is 0.0495. The maximum absolute atomic E-state index is 13.1. The maximum atomic E-state index is 13.1. The molecule has 0 saturated carbocycles. The highest BCUT2D eigenvalue weighted by atomic mass is 16.6. The van der Waals surface area contributed by atoms with Crippen molar-refractivity contribution in [2.45, 2.75) is 79.1 Å². The van der Waals surface area contributed by atoms with Crippen molar-refractivity contribution in [2.75, 3.05) is 131 Å². The van der Waals surface area contributed by atoms with E-state index >= 15 is 0 Å². The predicted octanol–water partition coefficient (Wildman–Crippen LogP) is 1.71. The third-order valence-electron chi connectivity index (χ3n) is 7.33. The number of azide groups is 1. The first-order valence-electron chi connectivity index (χ1n) is 18.8. The van der Waals surface area contributed by atoms with Gasteiger partial charge in [0.25, 0.3) is 0 Å². The second-order valence-corrected chi connectivity index (χ2v) is 16.0. The van der Waals surface area contributed by atoms with Crippen LogP contribution in [0.25, 0.3) is 10.4 Å². The summed E-state index contributed by atoms with van der Waals surface area (Å²) in [6, 6.07) is 0. The third-order valence-corrected chi connectivity index (χ3v) is 7.33. The molecule has 1 N–H and O–H groups in total. The largest absolute Gasteiger partial charge is 0.459 e. The van der Waals surface area contributed by atoms with Crippen LogP contribution in [0, 0.1) is 0 Å². The topological polar surface area (TPSA) is 197 Å². The lowest BCUT2D eigenvalue weighted by Gasteiger charge is -2.34. The smallest absolute Gasteiger partial charge is 0.320 e. The van der Waals surface area contributed by atoms with Crippen LogP contribution in [-0.4, -0.2) is 191 Å². The molecule has 18 heteroatoms. The number of amides is 1. The molecule has 18 nitrogen and oxygen atoms in total. The van der Waals surface area contributed by atoms with Gasteiger partial charge in [-0.2, -0.15) is 0 Å². The fourth-order valence-corrected chi connectivity index (χ4v) is 5.09. The lowest BCUT2D eigenvalue weighted by atomic mass is 10.2. The molecule has 54 heavy (non-hydrogen) atoms. The summed E-state index contributed by atoms with van der Waals surface area (Å²) in [5.41, 5.74) is 6.32. The molecular formula is C36H68N8O10. The van der Waals surface area contributed by atoms with E-state index in [1.165, 1.54) is 0 Å².